The number of hydrogen-bond donors (Lipinski definition) is 2. The first-order valence-corrected chi connectivity index (χ1v) is 16.4. The van der Waals surface area contributed by atoms with Gasteiger partial charge in [-0.1, -0.05) is 55.7 Å². The van der Waals surface area contributed by atoms with Crippen LogP contribution < -0.4 is 10.1 Å². The minimum Gasteiger partial charge on any atom is -0.494 e. The molecular weight excluding hydrogens is 544 g/mol. The third-order valence-corrected chi connectivity index (χ3v) is 10.3. The van der Waals surface area contributed by atoms with Crippen LogP contribution in [0, 0.1) is 5.92 Å². The Morgan fingerprint density at radius 2 is 1.83 bits per heavy atom. The average Bonchev–Trinajstić information content (AvgIpc) is 3.55. The summed E-state index contributed by atoms with van der Waals surface area (Å²) >= 11 is 0. The van der Waals surface area contributed by atoms with Gasteiger partial charge in [-0.2, -0.15) is 4.31 Å². The molecule has 1 amide bonds. The van der Waals surface area contributed by atoms with E-state index in [4.69, 9.17) is 14.2 Å². The second-order valence-electron chi connectivity index (χ2n) is 11.4. The fraction of sp³-hybridized carbons (Fsp3) is 0.581. The van der Waals surface area contributed by atoms with Crippen LogP contribution in [0.1, 0.15) is 56.9 Å². The first-order chi connectivity index (χ1) is 19.9. The van der Waals surface area contributed by atoms with Gasteiger partial charge in [0.25, 0.3) is 0 Å². The normalized spacial score (nSPS) is 26.3. The number of nitrogens with one attached hydrogen (secondary N) is 1. The molecule has 1 unspecified atom stereocenters. The Bertz CT molecular complexity index is 1230. The second-order valence-corrected chi connectivity index (χ2v) is 13.4. The van der Waals surface area contributed by atoms with Crippen LogP contribution in [-0.2, 0) is 25.9 Å². The summed E-state index contributed by atoms with van der Waals surface area (Å²) in [6.07, 6.45) is 5.38. The summed E-state index contributed by atoms with van der Waals surface area (Å²) in [5.74, 6) is 0.935. The van der Waals surface area contributed by atoms with Gasteiger partial charge >= 0.3 is 6.09 Å². The van der Waals surface area contributed by atoms with E-state index in [1.807, 2.05) is 30.3 Å². The van der Waals surface area contributed by atoms with Crippen molar-refractivity contribution in [2.75, 3.05) is 26.3 Å². The lowest BCUT2D eigenvalue weighted by Crippen LogP contribution is -2.51. The van der Waals surface area contributed by atoms with Crippen LogP contribution >= 0.6 is 0 Å². The monoisotopic (exact) mass is 586 g/mol. The molecule has 10 heteroatoms. The standard InChI is InChI=1S/C31H42N2O7S/c34-29(22-33-15-7-2-1-3-8-16-38-25-12-9-13-27(20-25)41(33,36)37)28(18-23-10-5-4-6-11-23)32-31(35)40-26-19-24-14-17-39-30(24)21-26/h4-6,9-13,20,24,26,28-30,34H,1-3,7-8,14-19,21-22H2,(H,32,35)/t24?,26-,28+,29-,30-/m1/s1. The Labute approximate surface area is 243 Å². The summed E-state index contributed by atoms with van der Waals surface area (Å²) in [5, 5.41) is 14.3. The highest BCUT2D eigenvalue weighted by Gasteiger charge is 2.40. The number of nitrogens with zero attached hydrogens (tertiary/aromatic N) is 1. The van der Waals surface area contributed by atoms with Gasteiger partial charge < -0.3 is 24.6 Å². The molecule has 0 radical (unpaired) electrons. The lowest BCUT2D eigenvalue weighted by Gasteiger charge is -2.30. The molecule has 2 aliphatic heterocycles. The molecule has 3 aliphatic rings. The number of carbonyl (C=O) groups excluding carboxylic acids is 1. The molecule has 1 aliphatic carbocycles. The van der Waals surface area contributed by atoms with Crippen LogP contribution in [0.4, 0.5) is 4.79 Å². The second kappa shape index (κ2) is 14.0. The van der Waals surface area contributed by atoms with Crippen LogP contribution in [0.25, 0.3) is 0 Å². The minimum absolute atomic E-state index is 0.127. The van der Waals surface area contributed by atoms with E-state index < -0.39 is 28.3 Å². The van der Waals surface area contributed by atoms with Gasteiger partial charge in [-0.3, -0.25) is 0 Å². The molecule has 41 heavy (non-hydrogen) atoms. The molecule has 0 aromatic heterocycles. The fourth-order valence-electron chi connectivity index (χ4n) is 6.13. The first kappa shape index (κ1) is 29.8. The van der Waals surface area contributed by atoms with Gasteiger partial charge in [0.1, 0.15) is 11.9 Å². The smallest absolute Gasteiger partial charge is 0.407 e. The number of rotatable bonds is 7. The van der Waals surface area contributed by atoms with E-state index in [1.165, 1.54) is 4.31 Å². The molecule has 9 nitrogen and oxygen atoms in total. The highest BCUT2D eigenvalue weighted by molar-refractivity contribution is 7.89. The Morgan fingerprint density at radius 3 is 2.66 bits per heavy atom. The van der Waals surface area contributed by atoms with E-state index >= 15 is 0 Å². The number of benzene rings is 2. The van der Waals surface area contributed by atoms with Crippen molar-refractivity contribution in [1.82, 2.24) is 9.62 Å². The first-order valence-electron chi connectivity index (χ1n) is 14.9. The molecular formula is C31H42N2O7S. The summed E-state index contributed by atoms with van der Waals surface area (Å²) in [6, 6.07) is 15.3. The third kappa shape index (κ3) is 8.00. The fourth-order valence-corrected chi connectivity index (χ4v) is 7.66. The van der Waals surface area contributed by atoms with Gasteiger partial charge in [0, 0.05) is 32.2 Å². The number of fused-ring (bicyclic) bond motifs is 3. The lowest BCUT2D eigenvalue weighted by molar-refractivity contribution is 0.0557. The Hall–Kier alpha value is -2.66. The quantitative estimate of drug-likeness (QED) is 0.498. The minimum atomic E-state index is -3.92. The number of alkyl carbamates (subject to hydrolysis) is 1. The molecule has 5 atom stereocenters. The largest absolute Gasteiger partial charge is 0.494 e. The van der Waals surface area contributed by atoms with Crippen molar-refractivity contribution in [3.05, 3.63) is 60.2 Å². The maximum absolute atomic E-state index is 13.8. The van der Waals surface area contributed by atoms with Crippen molar-refractivity contribution in [3.8, 4) is 5.75 Å². The lowest BCUT2D eigenvalue weighted by atomic mass is 10.0. The molecule has 5 rings (SSSR count). The molecule has 1 saturated carbocycles. The van der Waals surface area contributed by atoms with Gasteiger partial charge in [0.05, 0.1) is 29.8 Å². The van der Waals surface area contributed by atoms with Crippen molar-refractivity contribution in [2.24, 2.45) is 5.92 Å². The molecule has 2 N–H and O–H groups in total. The predicted molar refractivity (Wildman–Crippen MR) is 154 cm³/mol. The molecule has 2 bridgehead atoms. The highest BCUT2D eigenvalue weighted by Crippen LogP contribution is 2.37. The summed E-state index contributed by atoms with van der Waals surface area (Å²) in [4.78, 5) is 13.1. The summed E-state index contributed by atoms with van der Waals surface area (Å²) < 4.78 is 46.2. The number of carbonyl (C=O) groups is 1. The van der Waals surface area contributed by atoms with E-state index in [2.05, 4.69) is 5.32 Å². The van der Waals surface area contributed by atoms with Crippen LogP contribution in [0.2, 0.25) is 0 Å². The van der Waals surface area contributed by atoms with Gasteiger partial charge in [-0.15, -0.1) is 0 Å². The number of β-amino-alcohol motifs (C(OH)–C–C–N with tert-alkyl or cyclic N) is 1. The van der Waals surface area contributed by atoms with Crippen molar-refractivity contribution >= 4 is 16.1 Å². The maximum atomic E-state index is 13.8. The number of aliphatic hydroxyl groups excluding tert-OH is 1. The molecule has 224 valence electrons. The van der Waals surface area contributed by atoms with Crippen molar-refractivity contribution in [3.63, 3.8) is 0 Å². The number of ether oxygens (including phenoxy) is 3. The molecule has 2 fully saturated rings. The predicted octanol–water partition coefficient (Wildman–Crippen LogP) is 4.29. The Morgan fingerprint density at radius 1 is 1.02 bits per heavy atom. The van der Waals surface area contributed by atoms with E-state index in [-0.39, 0.29) is 30.2 Å². The third-order valence-electron chi connectivity index (χ3n) is 8.40. The van der Waals surface area contributed by atoms with Crippen molar-refractivity contribution in [1.29, 1.82) is 0 Å². The average molecular weight is 587 g/mol. The number of sulfonamides is 1. The Kier molecular flexibility index (Phi) is 10.2. The van der Waals surface area contributed by atoms with Crippen LogP contribution in [-0.4, -0.2) is 74.6 Å². The summed E-state index contributed by atoms with van der Waals surface area (Å²) in [6.45, 7) is 1.42. The van der Waals surface area contributed by atoms with Crippen molar-refractivity contribution in [2.45, 2.75) is 87.0 Å². The zero-order valence-electron chi connectivity index (χ0n) is 23.5. The molecule has 1 saturated heterocycles. The Balaban J connectivity index is 1.31. The number of amides is 1. The highest BCUT2D eigenvalue weighted by atomic mass is 32.2. The van der Waals surface area contributed by atoms with E-state index in [0.717, 1.165) is 50.7 Å². The topological polar surface area (TPSA) is 114 Å². The molecule has 2 aromatic rings. The molecule has 2 aromatic carbocycles. The summed E-state index contributed by atoms with van der Waals surface area (Å²) in [7, 11) is -3.92. The molecule has 0 spiro atoms. The van der Waals surface area contributed by atoms with Gasteiger partial charge in [0.15, 0.2) is 0 Å². The van der Waals surface area contributed by atoms with E-state index in [0.29, 0.717) is 37.5 Å². The maximum Gasteiger partial charge on any atom is 0.407 e. The SMILES string of the molecule is O=C(N[C@@H](Cc1ccccc1)[C@H](O)CN1CCCCCCCOc2cccc(c2)S1(=O)=O)O[C@@H]1CC2CCO[C@@H]2C1. The van der Waals surface area contributed by atoms with E-state index in [1.54, 1.807) is 24.3 Å². The summed E-state index contributed by atoms with van der Waals surface area (Å²) in [5.41, 5.74) is 0.915. The van der Waals surface area contributed by atoms with Gasteiger partial charge in [0.2, 0.25) is 10.0 Å². The number of aliphatic hydroxyl groups is 1. The van der Waals surface area contributed by atoms with Crippen LogP contribution in [0.5, 0.6) is 5.75 Å². The van der Waals surface area contributed by atoms with E-state index in [9.17, 15) is 18.3 Å². The van der Waals surface area contributed by atoms with Crippen LogP contribution in [0.3, 0.4) is 0 Å². The van der Waals surface area contributed by atoms with Gasteiger partial charge in [-0.25, -0.2) is 13.2 Å². The van der Waals surface area contributed by atoms with Gasteiger partial charge in [-0.05, 0) is 55.7 Å². The van der Waals surface area contributed by atoms with Crippen LogP contribution in [0.15, 0.2) is 59.5 Å². The molecule has 2 heterocycles. The number of hydrogen-bond acceptors (Lipinski definition) is 7. The van der Waals surface area contributed by atoms with Crippen molar-refractivity contribution < 1.29 is 32.5 Å². The zero-order valence-corrected chi connectivity index (χ0v) is 24.3. The zero-order chi connectivity index (χ0) is 28.7.